The Bertz CT molecular complexity index is 6.85. The molecule has 0 spiro atoms. The Balaban J connectivity index is 0. The monoisotopic (exact) mass is 372 g/mol. The van der Waals surface area contributed by atoms with Crippen molar-refractivity contribution in [3.05, 3.63) is 0 Å². The van der Waals surface area contributed by atoms with Gasteiger partial charge in [-0.15, -0.1) is 0 Å². The summed E-state index contributed by atoms with van der Waals surface area (Å²) in [6.45, 7) is 0. The second-order valence-electron chi connectivity index (χ2n) is 0. The average molecular weight is 373 g/mol. The number of hydrogen-bond acceptors (Lipinski definition) is 0. The molecule has 0 aliphatic carbocycles. The zero-order chi connectivity index (χ0) is 0. The molecule has 32 valence electrons. The SMILES string of the molecule is [Ba+2].[Cl-].[Cl-].[Cl-].[IH2+]. The molecule has 0 aromatic heterocycles. The van der Waals surface area contributed by atoms with Crippen LogP contribution in [0.2, 0.25) is 0 Å². The molecule has 0 unspecified atom stereocenters. The van der Waals surface area contributed by atoms with Crippen molar-refractivity contribution >= 4 is 48.9 Å². The third-order valence-corrected chi connectivity index (χ3v) is 0. The van der Waals surface area contributed by atoms with Gasteiger partial charge in [-0.3, -0.25) is 0 Å². The number of hydrogen-bond donors (Lipinski definition) is 0. The second-order valence-corrected chi connectivity index (χ2v) is 0. The maximum atomic E-state index is 0. The molecule has 0 aliphatic rings. The Kier molecular flexibility index (Phi) is 227. The smallest absolute Gasteiger partial charge is 1.00 e. The minimum absolute atomic E-state index is 0. The first kappa shape index (κ1) is 41.8. The Labute approximate surface area is 108 Å². The molecular weight excluding hydrogens is 371 g/mol. The molecule has 0 saturated heterocycles. The Morgan fingerprint density at radius 3 is 0.600 bits per heavy atom. The first-order valence-electron chi connectivity index (χ1n) is 0. The summed E-state index contributed by atoms with van der Waals surface area (Å²) in [7, 11) is 0. The topological polar surface area (TPSA) is 0 Å². The standard InChI is InChI=1S/Ba.3ClH.H2I/h;3*1H;1H2/q+2;;;;+1/p-3. The van der Waals surface area contributed by atoms with Gasteiger partial charge in [-0.2, -0.15) is 0 Å². The third kappa shape index (κ3) is 19.1. The summed E-state index contributed by atoms with van der Waals surface area (Å²) in [6, 6.07) is 0. The predicted octanol–water partition coefficient (Wildman–Crippen LogP) is -12.9. The van der Waals surface area contributed by atoms with Crippen molar-refractivity contribution < 1.29 is 61.2 Å². The van der Waals surface area contributed by atoms with Crippen LogP contribution in [0.15, 0.2) is 0 Å². The van der Waals surface area contributed by atoms with Gasteiger partial charge in [0.2, 0.25) is 24.0 Å². The molecule has 0 heterocycles. The fraction of sp³-hybridized carbons (Fsp3) is 0. The molecule has 0 fully saturated rings. The van der Waals surface area contributed by atoms with E-state index in [0.29, 0.717) is 0 Å². The van der Waals surface area contributed by atoms with E-state index in [1.807, 2.05) is 0 Å². The number of rotatable bonds is 0. The maximum Gasteiger partial charge on any atom is 2.00 e. The first-order chi connectivity index (χ1) is 0. The van der Waals surface area contributed by atoms with Gasteiger partial charge in [0.25, 0.3) is 0 Å². The summed E-state index contributed by atoms with van der Waals surface area (Å²) in [4.78, 5) is 0. The van der Waals surface area contributed by atoms with Crippen LogP contribution in [-0.2, 0) is 0 Å². The molecule has 0 aromatic carbocycles. The normalized spacial score (nSPS) is 0. The molecule has 0 N–H and O–H groups in total. The fourth-order valence-electron chi connectivity index (χ4n) is 0. The van der Waals surface area contributed by atoms with Crippen LogP contribution in [0.25, 0.3) is 0 Å². The average Bonchev–Trinajstić information content (AvgIpc) is 0. The van der Waals surface area contributed by atoms with E-state index in [2.05, 4.69) is 0 Å². The maximum absolute atomic E-state index is 0. The van der Waals surface area contributed by atoms with Crippen molar-refractivity contribution in [2.75, 3.05) is 0 Å². The van der Waals surface area contributed by atoms with Gasteiger partial charge in [0.05, 0.1) is 0 Å². The van der Waals surface area contributed by atoms with Gasteiger partial charge in [-0.1, -0.05) is 0 Å². The van der Waals surface area contributed by atoms with Crippen LogP contribution in [0.3, 0.4) is 0 Å². The molecule has 0 bridgehead atoms. The molecule has 0 aromatic rings. The largest absolute Gasteiger partial charge is 2.00 e. The molecule has 0 atom stereocenters. The van der Waals surface area contributed by atoms with E-state index in [-0.39, 0.29) is 110 Å². The van der Waals surface area contributed by atoms with Crippen LogP contribution in [0, 0.1) is 0 Å². The summed E-state index contributed by atoms with van der Waals surface area (Å²) in [6.07, 6.45) is 0. The molecule has 0 amide bonds. The van der Waals surface area contributed by atoms with Crippen molar-refractivity contribution in [1.82, 2.24) is 0 Å². The van der Waals surface area contributed by atoms with Gasteiger partial charge in [0, 0.05) is 0 Å². The van der Waals surface area contributed by atoms with Crippen LogP contribution in [0.4, 0.5) is 0 Å². The van der Waals surface area contributed by atoms with E-state index >= 15 is 0 Å². The zero-order valence-corrected chi connectivity index (χ0v) is 11.5. The van der Waals surface area contributed by atoms with E-state index in [4.69, 9.17) is 0 Å². The van der Waals surface area contributed by atoms with Crippen LogP contribution in [-0.4, -0.2) is 48.9 Å². The molecule has 0 nitrogen and oxygen atoms in total. The summed E-state index contributed by atoms with van der Waals surface area (Å²) < 4.78 is 0. The van der Waals surface area contributed by atoms with Crippen LogP contribution < -0.4 is 61.2 Å². The second kappa shape index (κ2) is 27.2. The fourth-order valence-corrected chi connectivity index (χ4v) is 0. The van der Waals surface area contributed by atoms with Crippen LogP contribution in [0.1, 0.15) is 0 Å². The van der Waals surface area contributed by atoms with Crippen molar-refractivity contribution in [2.24, 2.45) is 0 Å². The van der Waals surface area contributed by atoms with Crippen LogP contribution >= 0.6 is 0 Å². The number of halogens is 4. The quantitative estimate of drug-likeness (QED) is 0.293. The van der Waals surface area contributed by atoms with E-state index < -0.39 is 0 Å². The zero-order valence-electron chi connectivity index (χ0n) is 2.29. The molecule has 0 rings (SSSR count). The first-order valence-corrected chi connectivity index (χ1v) is 0. The van der Waals surface area contributed by atoms with Gasteiger partial charge in [0.15, 0.2) is 0 Å². The van der Waals surface area contributed by atoms with E-state index in [0.717, 1.165) is 0 Å². The van der Waals surface area contributed by atoms with Gasteiger partial charge in [-0.05, 0) is 0 Å². The van der Waals surface area contributed by atoms with Gasteiger partial charge in [-0.25, -0.2) is 0 Å². The summed E-state index contributed by atoms with van der Waals surface area (Å²) in [5.74, 6) is 0. The van der Waals surface area contributed by atoms with E-state index in [9.17, 15) is 0 Å². The van der Waals surface area contributed by atoms with Gasteiger partial charge >= 0.3 is 48.9 Å². The minimum atomic E-state index is 0. The molecule has 5 heavy (non-hydrogen) atoms. The molecule has 5 heteroatoms. The Hall–Kier alpha value is 3.17. The van der Waals surface area contributed by atoms with Crippen molar-refractivity contribution in [3.8, 4) is 0 Å². The Morgan fingerprint density at radius 1 is 0.600 bits per heavy atom. The third-order valence-electron chi connectivity index (χ3n) is 0. The molecule has 0 saturated carbocycles. The van der Waals surface area contributed by atoms with Crippen molar-refractivity contribution in [2.45, 2.75) is 0 Å². The van der Waals surface area contributed by atoms with Crippen molar-refractivity contribution in [1.29, 1.82) is 0 Å². The van der Waals surface area contributed by atoms with Gasteiger partial charge < -0.3 is 37.2 Å². The van der Waals surface area contributed by atoms with Gasteiger partial charge in [0.1, 0.15) is 0 Å². The summed E-state index contributed by atoms with van der Waals surface area (Å²) in [5, 5.41) is 0. The minimum Gasteiger partial charge on any atom is -1.00 e. The Morgan fingerprint density at radius 2 is 0.600 bits per heavy atom. The predicted molar refractivity (Wildman–Crippen MR) is 8.54 cm³/mol. The van der Waals surface area contributed by atoms with E-state index in [1.54, 1.807) is 0 Å². The van der Waals surface area contributed by atoms with Crippen molar-refractivity contribution in [3.63, 3.8) is 0 Å². The van der Waals surface area contributed by atoms with E-state index in [1.165, 1.54) is 0 Å². The summed E-state index contributed by atoms with van der Waals surface area (Å²) in [5.41, 5.74) is 0. The van der Waals surface area contributed by atoms with Crippen LogP contribution in [0.5, 0.6) is 0 Å². The molecular formula is H2BaCl3I. The molecule has 0 aliphatic heterocycles. The summed E-state index contributed by atoms with van der Waals surface area (Å²) >= 11 is 0. The molecule has 0 radical (unpaired) electrons.